The van der Waals surface area contributed by atoms with Crippen molar-refractivity contribution in [2.24, 2.45) is 4.99 Å². The molecule has 0 bridgehead atoms. The molecule has 2 atom stereocenters. The Morgan fingerprint density at radius 3 is 2.70 bits per heavy atom. The first-order valence-corrected chi connectivity index (χ1v) is 15.4. The third kappa shape index (κ3) is 5.29. The minimum Gasteiger partial charge on any atom is -0.345 e. The largest absolute Gasteiger partial charge is 0.345 e. The number of fused-ring (bicyclic) bond motifs is 1. The lowest BCUT2D eigenvalue weighted by molar-refractivity contribution is 0.0564. The molecular formula is C29H20ClF3N8OS2. The van der Waals surface area contributed by atoms with Crippen molar-refractivity contribution in [3.8, 4) is 10.6 Å². The Bertz CT molecular complexity index is 1910. The molecule has 0 saturated carbocycles. The summed E-state index contributed by atoms with van der Waals surface area (Å²) in [6.07, 6.45) is 6.47. The SMILES string of the molecule is O=C(N[C@H]1CC2=C(c3ccn(C(F)F)n3)[C@H](c3ccc(F)cc3Cl)N=C(c3nccs3)N2C1)c1ncc(-c2ccccn2)s1. The molecule has 1 aromatic carbocycles. The van der Waals surface area contributed by atoms with Crippen molar-refractivity contribution in [3.05, 3.63) is 110 Å². The molecule has 2 aliphatic heterocycles. The standard InChI is InChI=1S/C29H20ClF3N8OS2/c30-18-11-15(31)4-5-17(18)24-23(20-6-9-41(39-20)29(32)33)21-12-16(14-40(21)25(38-24)27-35-8-10-43-27)37-26(42)28-36-13-22(44-28)19-3-1-2-7-34-19/h1-11,13,16,24,29H,12,14H2,(H,37,42)/t16-,24-/m0/s1. The molecule has 222 valence electrons. The van der Waals surface area contributed by atoms with Gasteiger partial charge in [-0.2, -0.15) is 13.9 Å². The van der Waals surface area contributed by atoms with Crippen LogP contribution in [0.1, 0.15) is 45.1 Å². The molecule has 5 aromatic rings. The molecule has 9 nitrogen and oxygen atoms in total. The normalized spacial score (nSPS) is 18.1. The first-order chi connectivity index (χ1) is 21.4. The second-order valence-corrected chi connectivity index (χ2v) is 12.2. The van der Waals surface area contributed by atoms with Gasteiger partial charge in [0, 0.05) is 65.0 Å². The zero-order valence-corrected chi connectivity index (χ0v) is 24.8. The van der Waals surface area contributed by atoms with Gasteiger partial charge in [0.15, 0.2) is 15.9 Å². The van der Waals surface area contributed by atoms with Gasteiger partial charge in [0.2, 0.25) is 0 Å². The molecule has 0 aliphatic carbocycles. The number of alkyl halides is 2. The number of amidine groups is 1. The van der Waals surface area contributed by atoms with E-state index in [1.165, 1.54) is 53.1 Å². The van der Waals surface area contributed by atoms with E-state index < -0.39 is 18.4 Å². The van der Waals surface area contributed by atoms with Gasteiger partial charge in [-0.25, -0.2) is 19.0 Å². The summed E-state index contributed by atoms with van der Waals surface area (Å²) in [6.45, 7) is -2.51. The molecule has 2 aliphatic rings. The van der Waals surface area contributed by atoms with Crippen LogP contribution in [0.15, 0.2) is 83.3 Å². The maximum absolute atomic E-state index is 14.1. The third-order valence-corrected chi connectivity index (χ3v) is 9.29. The van der Waals surface area contributed by atoms with Gasteiger partial charge in [-0.05, 0) is 30.3 Å². The van der Waals surface area contributed by atoms with Crippen LogP contribution >= 0.6 is 34.3 Å². The Labute approximate surface area is 261 Å². The van der Waals surface area contributed by atoms with E-state index in [1.54, 1.807) is 18.6 Å². The molecule has 1 amide bonds. The number of carbonyl (C=O) groups is 1. The van der Waals surface area contributed by atoms with Gasteiger partial charge >= 0.3 is 6.55 Å². The molecule has 6 heterocycles. The van der Waals surface area contributed by atoms with Crippen molar-refractivity contribution < 1.29 is 18.0 Å². The van der Waals surface area contributed by atoms with Gasteiger partial charge in [0.25, 0.3) is 5.91 Å². The molecule has 1 saturated heterocycles. The van der Waals surface area contributed by atoms with E-state index >= 15 is 0 Å². The highest BCUT2D eigenvalue weighted by Crippen LogP contribution is 2.46. The van der Waals surface area contributed by atoms with Gasteiger partial charge < -0.3 is 10.2 Å². The Hall–Kier alpha value is -4.40. The summed E-state index contributed by atoms with van der Waals surface area (Å²) in [5, 5.41) is 10.1. The Kier molecular flexibility index (Phi) is 7.48. The maximum atomic E-state index is 14.1. The van der Waals surface area contributed by atoms with Crippen LogP contribution in [0.5, 0.6) is 0 Å². The van der Waals surface area contributed by atoms with Gasteiger partial charge in [0.05, 0.1) is 22.3 Å². The number of aromatic nitrogens is 5. The van der Waals surface area contributed by atoms with Crippen LogP contribution in [-0.4, -0.2) is 54.0 Å². The maximum Gasteiger partial charge on any atom is 0.333 e. The molecule has 1 N–H and O–H groups in total. The summed E-state index contributed by atoms with van der Waals surface area (Å²) in [5.74, 6) is -0.341. The zero-order valence-electron chi connectivity index (χ0n) is 22.4. The molecule has 15 heteroatoms. The number of nitrogens with one attached hydrogen (secondary N) is 1. The first kappa shape index (κ1) is 28.4. The van der Waals surface area contributed by atoms with E-state index in [-0.39, 0.29) is 27.7 Å². The Balaban J connectivity index is 1.28. The lowest BCUT2D eigenvalue weighted by atomic mass is 9.92. The van der Waals surface area contributed by atoms with E-state index in [0.717, 1.165) is 10.6 Å². The van der Waals surface area contributed by atoms with Crippen LogP contribution in [0.3, 0.4) is 0 Å². The number of benzene rings is 1. The van der Waals surface area contributed by atoms with Crippen LogP contribution < -0.4 is 5.32 Å². The Morgan fingerprint density at radius 2 is 1.98 bits per heavy atom. The van der Waals surface area contributed by atoms with Crippen LogP contribution in [0.4, 0.5) is 13.2 Å². The minimum atomic E-state index is -2.85. The van der Waals surface area contributed by atoms with E-state index in [9.17, 15) is 18.0 Å². The van der Waals surface area contributed by atoms with Gasteiger partial charge in [-0.1, -0.05) is 23.7 Å². The van der Waals surface area contributed by atoms with Crippen molar-refractivity contribution in [2.75, 3.05) is 6.54 Å². The van der Waals surface area contributed by atoms with Crippen molar-refractivity contribution in [3.63, 3.8) is 0 Å². The lowest BCUT2D eigenvalue weighted by Gasteiger charge is -2.32. The van der Waals surface area contributed by atoms with Gasteiger partial charge in [-0.3, -0.25) is 14.8 Å². The minimum absolute atomic E-state index is 0.132. The molecule has 7 rings (SSSR count). The highest BCUT2D eigenvalue weighted by molar-refractivity contribution is 7.16. The highest BCUT2D eigenvalue weighted by atomic mass is 35.5. The van der Waals surface area contributed by atoms with E-state index in [1.807, 2.05) is 28.5 Å². The van der Waals surface area contributed by atoms with Crippen molar-refractivity contribution in [1.82, 2.24) is 34.9 Å². The van der Waals surface area contributed by atoms with Gasteiger partial charge in [0.1, 0.15) is 11.9 Å². The number of aliphatic imine (C=N–C) groups is 1. The molecular weight excluding hydrogens is 633 g/mol. The van der Waals surface area contributed by atoms with Crippen LogP contribution in [0, 0.1) is 5.82 Å². The van der Waals surface area contributed by atoms with Gasteiger partial charge in [-0.15, -0.1) is 22.7 Å². The van der Waals surface area contributed by atoms with E-state index in [0.29, 0.717) is 45.3 Å². The zero-order chi connectivity index (χ0) is 30.4. The third-order valence-electron chi connectivity index (χ3n) is 7.18. The van der Waals surface area contributed by atoms with Crippen molar-refractivity contribution in [2.45, 2.75) is 25.1 Å². The fourth-order valence-corrected chi connectivity index (χ4v) is 7.01. The van der Waals surface area contributed by atoms with Crippen LogP contribution in [0.2, 0.25) is 5.02 Å². The quantitative estimate of drug-likeness (QED) is 0.217. The summed E-state index contributed by atoms with van der Waals surface area (Å²) in [6, 6.07) is 9.80. The molecule has 0 unspecified atom stereocenters. The number of hydrogen-bond donors (Lipinski definition) is 1. The first-order valence-electron chi connectivity index (χ1n) is 13.3. The van der Waals surface area contributed by atoms with Crippen LogP contribution in [-0.2, 0) is 0 Å². The smallest absolute Gasteiger partial charge is 0.333 e. The molecule has 1 fully saturated rings. The summed E-state index contributed by atoms with van der Waals surface area (Å²) in [7, 11) is 0. The molecule has 0 spiro atoms. The number of carbonyl (C=O) groups excluding carboxylic acids is 1. The van der Waals surface area contributed by atoms with E-state index in [2.05, 4.69) is 25.4 Å². The second kappa shape index (κ2) is 11.6. The molecule has 4 aromatic heterocycles. The number of nitrogens with zero attached hydrogens (tertiary/aromatic N) is 7. The Morgan fingerprint density at radius 1 is 1.09 bits per heavy atom. The predicted molar refractivity (Wildman–Crippen MR) is 161 cm³/mol. The summed E-state index contributed by atoms with van der Waals surface area (Å²) in [4.78, 5) is 34.1. The number of halogens is 4. The van der Waals surface area contributed by atoms with E-state index in [4.69, 9.17) is 16.6 Å². The average Bonchev–Trinajstić information content (AvgIpc) is 3.84. The fourth-order valence-electron chi connectivity index (χ4n) is 5.30. The molecule has 44 heavy (non-hydrogen) atoms. The predicted octanol–water partition coefficient (Wildman–Crippen LogP) is 6.46. The summed E-state index contributed by atoms with van der Waals surface area (Å²) >= 11 is 9.14. The van der Waals surface area contributed by atoms with Crippen LogP contribution in [0.25, 0.3) is 16.1 Å². The number of thiazole rings is 2. The van der Waals surface area contributed by atoms with Crippen molar-refractivity contribution in [1.29, 1.82) is 0 Å². The second-order valence-electron chi connectivity index (χ2n) is 9.91. The summed E-state index contributed by atoms with van der Waals surface area (Å²) < 4.78 is 41.8. The number of amides is 1. The fraction of sp³-hybridized carbons (Fsp3) is 0.172. The number of rotatable bonds is 7. The topological polar surface area (TPSA) is 101 Å². The monoisotopic (exact) mass is 652 g/mol. The lowest BCUT2D eigenvalue weighted by Crippen LogP contribution is -2.39. The number of hydrogen-bond acceptors (Lipinski definition) is 9. The molecule has 0 radical (unpaired) electrons. The van der Waals surface area contributed by atoms with Crippen molar-refractivity contribution >= 4 is 51.6 Å². The summed E-state index contributed by atoms with van der Waals surface area (Å²) in [5.41, 5.74) is 2.71. The highest BCUT2D eigenvalue weighted by Gasteiger charge is 2.41. The number of pyridine rings is 1. The average molecular weight is 653 g/mol.